The molecule has 96 heavy (non-hydrogen) atoms. The summed E-state index contributed by atoms with van der Waals surface area (Å²) in [6.07, 6.45) is -13.4. The monoisotopic (exact) mass is 1410 g/mol. The molecule has 12 heterocycles. The Hall–Kier alpha value is -6.07. The van der Waals surface area contributed by atoms with E-state index in [2.05, 4.69) is 44.4 Å². The Kier molecular flexibility index (Phi) is 27.7. The third kappa shape index (κ3) is 17.7. The molecule has 0 amide bonds. The van der Waals surface area contributed by atoms with Crippen molar-refractivity contribution in [3.63, 3.8) is 0 Å². The molecule has 5 aliphatic heterocycles. The molecule has 0 spiro atoms. The first-order valence-electron chi connectivity index (χ1n) is 27.6. The maximum Gasteiger partial charge on any atom is 0.469 e. The molecular weight excluding hydrogens is 1340 g/mol. The number of nitrogen functional groups attached to an aromatic ring is 2. The van der Waals surface area contributed by atoms with Gasteiger partial charge in [-0.15, -0.1) is 0 Å². The topological polar surface area (TPSA) is 700 Å². The van der Waals surface area contributed by atoms with Crippen LogP contribution < -0.4 is 50.8 Å². The van der Waals surface area contributed by atoms with E-state index in [4.69, 9.17) is 65.4 Å². The summed E-state index contributed by atoms with van der Waals surface area (Å²) in [7, 11) is -4.76. The molecule has 5 saturated heterocycles. The maximum atomic E-state index is 11.7. The number of nitrogens with two attached hydrogens (primary N) is 2. The van der Waals surface area contributed by atoms with Gasteiger partial charge in [-0.3, -0.25) is 61.5 Å². The number of aliphatic hydroxyl groups is 13. The van der Waals surface area contributed by atoms with Crippen molar-refractivity contribution >= 4 is 101 Å². The number of H-pyrrole nitrogens is 4. The van der Waals surface area contributed by atoms with E-state index in [1.165, 1.54) is 51.1 Å². The van der Waals surface area contributed by atoms with Crippen LogP contribution in [0.4, 0.5) is 11.8 Å². The fourth-order valence-electron chi connectivity index (χ4n) is 9.87. The summed E-state index contributed by atoms with van der Waals surface area (Å²) in [5, 5.41) is 123. The third-order valence-electron chi connectivity index (χ3n) is 14.8. The first kappa shape index (κ1) is 78.9. The number of phosphoric ester groups is 1. The van der Waals surface area contributed by atoms with Crippen LogP contribution in [-0.2, 0) is 32.8 Å². The van der Waals surface area contributed by atoms with E-state index >= 15 is 0 Å². The molecular formula is C48H65N16Na2O29P. The van der Waals surface area contributed by atoms with Gasteiger partial charge in [0.1, 0.15) is 91.4 Å². The van der Waals surface area contributed by atoms with Crippen LogP contribution in [0.2, 0.25) is 0 Å². The van der Waals surface area contributed by atoms with Gasteiger partial charge in [-0.2, -0.15) is 9.97 Å². The number of hydrogen-bond donors (Lipinski definition) is 21. The summed E-state index contributed by atoms with van der Waals surface area (Å²) in [5.41, 5.74) is 7.44. The molecule has 7 aromatic heterocycles. The first-order valence-corrected chi connectivity index (χ1v) is 29.1. The van der Waals surface area contributed by atoms with Crippen LogP contribution in [0, 0.1) is 6.92 Å². The number of fused-ring (bicyclic) bond motifs is 2. The Balaban J connectivity index is 0.000000190. The predicted octanol–water partition coefficient (Wildman–Crippen LogP) is -12.5. The number of anilines is 2. The first-order chi connectivity index (χ1) is 44.4. The number of aryl methyl sites for hydroxylation is 1. The van der Waals surface area contributed by atoms with Crippen LogP contribution in [0.3, 0.4) is 0 Å². The number of nitrogens with zero attached hydrogens (tertiary/aromatic N) is 10. The minimum absolute atomic E-state index is 0. The van der Waals surface area contributed by atoms with Crippen molar-refractivity contribution in [3.05, 3.63) is 128 Å². The van der Waals surface area contributed by atoms with Crippen LogP contribution in [0.1, 0.15) is 43.1 Å². The van der Waals surface area contributed by atoms with E-state index in [0.29, 0.717) is 5.56 Å². The fraction of sp³-hybridized carbons (Fsp3) is 0.542. The second-order valence-electron chi connectivity index (χ2n) is 21.0. The van der Waals surface area contributed by atoms with Gasteiger partial charge in [0.25, 0.3) is 22.2 Å². The van der Waals surface area contributed by atoms with E-state index in [0.717, 1.165) is 21.4 Å². The summed E-state index contributed by atoms with van der Waals surface area (Å²) in [5.74, 6) is -0.123. The molecule has 7 aromatic rings. The quantitative estimate of drug-likeness (QED) is 0.0399. The van der Waals surface area contributed by atoms with Gasteiger partial charge in [-0.25, -0.2) is 33.9 Å². The van der Waals surface area contributed by atoms with Gasteiger partial charge >= 0.3 is 24.9 Å². The standard InChI is InChI=1S/C10H14N5O8P.C10H12N4O5.C10H14N2O5.C9H13N3O5.C9H12N2O6.2Na/c11-10-13-7-4(8(18)14-10)12-2-15(7)9-6(17)5(16)3(23-9)1-22-24(19,20)21;15-1-4-6(16)7(17)10(19-4)14-3-13-5-8(14)11-2-12-9(5)18;1-5-3-12(10(16)11-9(5)15)8-2-6(14)7(4-13)17-8;10-5-1-2-12(9(16)11-5)8-7(15)6(14)4(3-13)17-8;12-3-4-6(14)7(15)8(17-4)11-2-1-5(13)10-9(11)16;;/h2-3,5-6,9,16-17H,1H2,(H2,19,20,21)(H3,11,13,14,18);2-4,6-7,10,15-17H,1H2,(H,11,12,18);3,6-8,13-14H,2,4H2,1H3,(H,11,15,16);1-2,4,6-8,13-15H,3H2,(H2,10,11,16);1-2,4,6-8,12,14-15H,3H2,(H,10,13,16);;/t3-,5-,6-,9-;4-,6-,7-,10-;6-,7+,8+;2*4-,6-,7-,8-;;/m11011../s1. The van der Waals surface area contributed by atoms with Gasteiger partial charge in [0.05, 0.1) is 58.1 Å². The average Bonchev–Trinajstić information content (AvgIpc) is 1.64. The van der Waals surface area contributed by atoms with Crippen molar-refractivity contribution in [1.29, 1.82) is 0 Å². The van der Waals surface area contributed by atoms with Crippen LogP contribution >= 0.6 is 7.82 Å². The van der Waals surface area contributed by atoms with Crippen molar-refractivity contribution in [2.24, 2.45) is 0 Å². The molecule has 2 radical (unpaired) electrons. The molecule has 0 aliphatic carbocycles. The zero-order chi connectivity index (χ0) is 68.9. The molecule has 0 bridgehead atoms. The average molecular weight is 1410 g/mol. The van der Waals surface area contributed by atoms with Crippen LogP contribution in [0.5, 0.6) is 0 Å². The number of aromatic amines is 4. The van der Waals surface area contributed by atoms with Crippen molar-refractivity contribution in [1.82, 2.24) is 67.7 Å². The number of imidazole rings is 2. The van der Waals surface area contributed by atoms with Crippen molar-refractivity contribution in [3.8, 4) is 0 Å². The number of phosphoric acid groups is 1. The molecule has 23 N–H and O–H groups in total. The fourth-order valence-corrected chi connectivity index (χ4v) is 10.2. The molecule has 12 rings (SSSR count). The number of ether oxygens (including phenoxy) is 5. The van der Waals surface area contributed by atoms with Gasteiger partial charge in [-0.1, -0.05) is 0 Å². The van der Waals surface area contributed by atoms with Gasteiger partial charge in [0, 0.05) is 95.8 Å². The smallest absolute Gasteiger partial charge is 0.394 e. The van der Waals surface area contributed by atoms with E-state index in [1.54, 1.807) is 6.92 Å². The maximum absolute atomic E-state index is 11.7. The Morgan fingerprint density at radius 1 is 0.552 bits per heavy atom. The second-order valence-corrected chi connectivity index (χ2v) is 22.2. The van der Waals surface area contributed by atoms with Gasteiger partial charge in [-0.05, 0) is 13.0 Å². The molecule has 518 valence electrons. The Morgan fingerprint density at radius 3 is 1.51 bits per heavy atom. The summed E-state index contributed by atoms with van der Waals surface area (Å²) < 4.78 is 47.1. The van der Waals surface area contributed by atoms with E-state index in [1.807, 2.05) is 4.98 Å². The zero-order valence-electron chi connectivity index (χ0n) is 50.3. The van der Waals surface area contributed by atoms with Gasteiger partial charge < -0.3 is 116 Å². The van der Waals surface area contributed by atoms with Gasteiger partial charge in [0.15, 0.2) is 47.2 Å². The molecule has 45 nitrogen and oxygen atoms in total. The molecule has 19 atom stereocenters. The molecule has 0 unspecified atom stereocenters. The van der Waals surface area contributed by atoms with Crippen molar-refractivity contribution in [2.45, 2.75) is 130 Å². The SMILES string of the molecule is Cc1cn([C@H]2C[C@H](O)[C@@H](CO)O2)c(=O)[nH]c1=O.Nc1ccn([C@@H]2O[C@H](CO)[C@@H](O)[C@H]2O)c(=O)n1.Nc1nc2c(ncn2[C@@H]2O[C@H](COP(=O)(O)O)[C@@H](O)[C@H]2O)c(=O)[nH]1.O=c1[nH]cnc2c1ncn2[C@@H]1O[C@H](CO)[C@@H](O)[C@H]1O.O=c1ccn([C@@H]2O[C@H](CO)[C@@H](O)[C@H]2O)c(=O)[nH]1.[Na].[Na]. The number of aromatic nitrogens is 14. The molecule has 48 heteroatoms. The van der Waals surface area contributed by atoms with Gasteiger partial charge in [0.2, 0.25) is 5.95 Å². The van der Waals surface area contributed by atoms with E-state index < -0.39 is 190 Å². The van der Waals surface area contributed by atoms with Crippen molar-refractivity contribution in [2.75, 3.05) is 44.5 Å². The van der Waals surface area contributed by atoms with Crippen LogP contribution in [-0.4, -0.2) is 321 Å². The Bertz CT molecular complexity index is 4240. The Labute approximate surface area is 576 Å². The molecule has 0 saturated carbocycles. The largest absolute Gasteiger partial charge is 0.469 e. The minimum atomic E-state index is -4.76. The number of aliphatic hydroxyl groups excluding tert-OH is 13. The normalized spacial score (nSPS) is 29.8. The second kappa shape index (κ2) is 33.7. The van der Waals surface area contributed by atoms with E-state index in [-0.39, 0.29) is 106 Å². The summed E-state index contributed by atoms with van der Waals surface area (Å²) in [6, 6.07) is 2.46. The summed E-state index contributed by atoms with van der Waals surface area (Å²) in [6.45, 7) is -0.742. The van der Waals surface area contributed by atoms with Crippen LogP contribution in [0.25, 0.3) is 22.3 Å². The molecule has 0 aromatic carbocycles. The zero-order valence-corrected chi connectivity index (χ0v) is 55.2. The number of hydrogen-bond acceptors (Lipinski definition) is 34. The molecule has 5 aliphatic rings. The van der Waals surface area contributed by atoms with E-state index in [9.17, 15) is 84.1 Å². The van der Waals surface area contributed by atoms with Crippen molar-refractivity contribution < 1.29 is 109 Å². The number of nitrogens with one attached hydrogen (secondary N) is 4. The minimum Gasteiger partial charge on any atom is -0.394 e. The summed E-state index contributed by atoms with van der Waals surface area (Å²) in [4.78, 5) is 125. The third-order valence-corrected chi connectivity index (χ3v) is 15.2. The van der Waals surface area contributed by atoms with Crippen LogP contribution in [0.15, 0.2) is 83.3 Å². The molecule has 5 fully saturated rings. The number of rotatable bonds is 12. The Morgan fingerprint density at radius 2 is 1.02 bits per heavy atom. The summed E-state index contributed by atoms with van der Waals surface area (Å²) >= 11 is 0. The predicted molar refractivity (Wildman–Crippen MR) is 317 cm³/mol.